The van der Waals surface area contributed by atoms with Crippen LogP contribution in [0.3, 0.4) is 0 Å². The van der Waals surface area contributed by atoms with Gasteiger partial charge in [-0.15, -0.1) is 0 Å². The minimum absolute atomic E-state index is 0.291. The first-order chi connectivity index (χ1) is 13.1. The second-order valence-electron chi connectivity index (χ2n) is 5.62. The minimum atomic E-state index is -0.427. The maximum atomic E-state index is 12.4. The summed E-state index contributed by atoms with van der Waals surface area (Å²) in [5, 5.41) is 7.33. The normalized spacial score (nSPS) is 10.6. The molecule has 0 radical (unpaired) electrons. The Kier molecular flexibility index (Phi) is 5.97. The lowest BCUT2D eigenvalue weighted by Crippen LogP contribution is -2.21. The molecular formula is C21H16ClN3O2. The first-order valence-electron chi connectivity index (χ1n) is 8.18. The molecule has 0 aliphatic heterocycles. The van der Waals surface area contributed by atoms with Crippen LogP contribution in [0.25, 0.3) is 0 Å². The smallest absolute Gasteiger partial charge is 0.273 e. The van der Waals surface area contributed by atoms with Crippen LogP contribution < -0.4 is 10.7 Å². The first kappa shape index (κ1) is 18.4. The summed E-state index contributed by atoms with van der Waals surface area (Å²) in [7, 11) is 0. The second kappa shape index (κ2) is 8.78. The summed E-state index contributed by atoms with van der Waals surface area (Å²) in [5.41, 5.74) is 4.49. The molecule has 3 aromatic rings. The fourth-order valence-corrected chi connectivity index (χ4v) is 2.47. The second-order valence-corrected chi connectivity index (χ2v) is 6.05. The van der Waals surface area contributed by atoms with E-state index in [1.165, 1.54) is 6.21 Å². The summed E-state index contributed by atoms with van der Waals surface area (Å²) in [5.74, 6) is -0.718. The molecule has 0 fully saturated rings. The molecule has 2 amide bonds. The topological polar surface area (TPSA) is 70.6 Å². The Morgan fingerprint density at radius 3 is 2.22 bits per heavy atom. The fourth-order valence-electron chi connectivity index (χ4n) is 2.35. The van der Waals surface area contributed by atoms with Gasteiger partial charge in [0, 0.05) is 10.6 Å². The molecule has 0 aliphatic carbocycles. The van der Waals surface area contributed by atoms with Gasteiger partial charge < -0.3 is 5.32 Å². The van der Waals surface area contributed by atoms with Crippen LogP contribution >= 0.6 is 11.6 Å². The quantitative estimate of drug-likeness (QED) is 0.512. The summed E-state index contributed by atoms with van der Waals surface area (Å²) < 4.78 is 0. The number of nitrogens with zero attached hydrogens (tertiary/aromatic N) is 1. The lowest BCUT2D eigenvalue weighted by atomic mass is 10.1. The molecule has 3 aromatic carbocycles. The SMILES string of the molecule is O=C(Nc1ccccc1C(=O)NN=Cc1ccc(Cl)cc1)c1ccccc1. The molecular weight excluding hydrogens is 362 g/mol. The summed E-state index contributed by atoms with van der Waals surface area (Å²) in [4.78, 5) is 24.8. The highest BCUT2D eigenvalue weighted by molar-refractivity contribution is 6.30. The summed E-state index contributed by atoms with van der Waals surface area (Å²) in [6, 6.07) is 22.6. The maximum absolute atomic E-state index is 12.4. The van der Waals surface area contributed by atoms with Gasteiger partial charge in [-0.1, -0.05) is 54.1 Å². The zero-order chi connectivity index (χ0) is 19.1. The molecule has 134 valence electrons. The molecule has 3 rings (SSSR count). The highest BCUT2D eigenvalue weighted by Crippen LogP contribution is 2.16. The van der Waals surface area contributed by atoms with Crippen molar-refractivity contribution in [3.63, 3.8) is 0 Å². The van der Waals surface area contributed by atoms with Crippen LogP contribution in [0.5, 0.6) is 0 Å². The number of benzene rings is 3. The summed E-state index contributed by atoms with van der Waals surface area (Å²) >= 11 is 5.83. The lowest BCUT2D eigenvalue weighted by molar-refractivity contribution is 0.0956. The Bertz CT molecular complexity index is 970. The Hall–Kier alpha value is -3.44. The van der Waals surface area contributed by atoms with E-state index in [0.717, 1.165) is 5.56 Å². The van der Waals surface area contributed by atoms with Crippen LogP contribution in [0.1, 0.15) is 26.3 Å². The molecule has 0 aliphatic rings. The average molecular weight is 378 g/mol. The predicted octanol–water partition coefficient (Wildman–Crippen LogP) is 4.36. The molecule has 6 heteroatoms. The van der Waals surface area contributed by atoms with Crippen LogP contribution in [-0.2, 0) is 0 Å². The van der Waals surface area contributed by atoms with Crippen molar-refractivity contribution in [3.05, 3.63) is 101 Å². The third kappa shape index (κ3) is 5.03. The number of hydrazone groups is 1. The molecule has 27 heavy (non-hydrogen) atoms. The Morgan fingerprint density at radius 1 is 0.815 bits per heavy atom. The zero-order valence-electron chi connectivity index (χ0n) is 14.2. The molecule has 0 atom stereocenters. The van der Waals surface area contributed by atoms with Gasteiger partial charge >= 0.3 is 0 Å². The van der Waals surface area contributed by atoms with Crippen molar-refractivity contribution in [3.8, 4) is 0 Å². The number of hydrogen-bond donors (Lipinski definition) is 2. The van der Waals surface area contributed by atoms with Crippen molar-refractivity contribution >= 4 is 35.3 Å². The molecule has 5 nitrogen and oxygen atoms in total. The van der Waals surface area contributed by atoms with E-state index in [9.17, 15) is 9.59 Å². The average Bonchev–Trinajstić information content (AvgIpc) is 2.70. The lowest BCUT2D eigenvalue weighted by Gasteiger charge is -2.10. The Labute approximate surface area is 161 Å². The van der Waals surface area contributed by atoms with Crippen LogP contribution in [0.15, 0.2) is 84.0 Å². The molecule has 0 saturated heterocycles. The van der Waals surface area contributed by atoms with E-state index < -0.39 is 5.91 Å². The maximum Gasteiger partial charge on any atom is 0.273 e. The van der Waals surface area contributed by atoms with Crippen LogP contribution in [0.4, 0.5) is 5.69 Å². The summed E-state index contributed by atoms with van der Waals surface area (Å²) in [6.07, 6.45) is 1.51. The largest absolute Gasteiger partial charge is 0.321 e. The third-order valence-electron chi connectivity index (χ3n) is 3.71. The van der Waals surface area contributed by atoms with Gasteiger partial charge in [0.05, 0.1) is 17.5 Å². The monoisotopic (exact) mass is 377 g/mol. The summed E-state index contributed by atoms with van der Waals surface area (Å²) in [6.45, 7) is 0. The van der Waals surface area contributed by atoms with Gasteiger partial charge in [-0.3, -0.25) is 9.59 Å². The van der Waals surface area contributed by atoms with Crippen LogP contribution in [-0.4, -0.2) is 18.0 Å². The number of hydrogen-bond acceptors (Lipinski definition) is 3. The number of carbonyl (C=O) groups excluding carboxylic acids is 2. The number of amides is 2. The van der Waals surface area contributed by atoms with E-state index in [-0.39, 0.29) is 5.91 Å². The van der Waals surface area contributed by atoms with Crippen LogP contribution in [0, 0.1) is 0 Å². The highest BCUT2D eigenvalue weighted by atomic mass is 35.5. The van der Waals surface area contributed by atoms with E-state index in [1.54, 1.807) is 72.8 Å². The first-order valence-corrected chi connectivity index (χ1v) is 8.56. The molecule has 0 heterocycles. The number of halogens is 1. The van der Waals surface area contributed by atoms with Crippen LogP contribution in [0.2, 0.25) is 5.02 Å². The molecule has 0 bridgehead atoms. The van der Waals surface area contributed by atoms with E-state index in [2.05, 4.69) is 15.8 Å². The van der Waals surface area contributed by atoms with E-state index >= 15 is 0 Å². The van der Waals surface area contributed by atoms with Gasteiger partial charge in [0.15, 0.2) is 0 Å². The zero-order valence-corrected chi connectivity index (χ0v) is 15.0. The molecule has 0 spiro atoms. The third-order valence-corrected chi connectivity index (χ3v) is 3.96. The standard InChI is InChI=1S/C21H16ClN3O2/c22-17-12-10-15(11-13-17)14-23-25-21(27)18-8-4-5-9-19(18)24-20(26)16-6-2-1-3-7-16/h1-14H,(H,24,26)(H,25,27). The van der Waals surface area contributed by atoms with E-state index in [4.69, 9.17) is 11.6 Å². The van der Waals surface area contributed by atoms with Crippen molar-refractivity contribution in [1.29, 1.82) is 0 Å². The predicted molar refractivity (Wildman–Crippen MR) is 107 cm³/mol. The van der Waals surface area contributed by atoms with Gasteiger partial charge in [0.1, 0.15) is 0 Å². The minimum Gasteiger partial charge on any atom is -0.321 e. The Morgan fingerprint density at radius 2 is 1.48 bits per heavy atom. The number of nitrogens with one attached hydrogen (secondary N) is 2. The van der Waals surface area contributed by atoms with Crippen molar-refractivity contribution in [2.24, 2.45) is 5.10 Å². The van der Waals surface area contributed by atoms with Crippen molar-refractivity contribution in [2.75, 3.05) is 5.32 Å². The van der Waals surface area contributed by atoms with Gasteiger partial charge in [-0.25, -0.2) is 5.43 Å². The number of anilines is 1. The van der Waals surface area contributed by atoms with Crippen molar-refractivity contribution in [2.45, 2.75) is 0 Å². The van der Waals surface area contributed by atoms with Gasteiger partial charge in [-0.05, 0) is 42.0 Å². The number of rotatable bonds is 5. The van der Waals surface area contributed by atoms with Gasteiger partial charge in [-0.2, -0.15) is 5.10 Å². The molecule has 0 aromatic heterocycles. The molecule has 0 unspecified atom stereocenters. The molecule has 2 N–H and O–H groups in total. The fraction of sp³-hybridized carbons (Fsp3) is 0. The molecule has 0 saturated carbocycles. The number of carbonyl (C=O) groups is 2. The number of para-hydroxylation sites is 1. The van der Waals surface area contributed by atoms with Crippen molar-refractivity contribution in [1.82, 2.24) is 5.43 Å². The Balaban J connectivity index is 1.70. The van der Waals surface area contributed by atoms with Gasteiger partial charge in [0.25, 0.3) is 11.8 Å². The van der Waals surface area contributed by atoms with Gasteiger partial charge in [0.2, 0.25) is 0 Å². The highest BCUT2D eigenvalue weighted by Gasteiger charge is 2.13. The van der Waals surface area contributed by atoms with E-state index in [1.807, 2.05) is 6.07 Å². The van der Waals surface area contributed by atoms with E-state index in [0.29, 0.717) is 21.8 Å². The van der Waals surface area contributed by atoms with Crippen molar-refractivity contribution < 1.29 is 9.59 Å².